The zero-order valence-electron chi connectivity index (χ0n) is 17.6. The lowest BCUT2D eigenvalue weighted by Crippen LogP contribution is -2.48. The molecule has 1 saturated heterocycles. The van der Waals surface area contributed by atoms with Gasteiger partial charge in [-0.15, -0.1) is 0 Å². The van der Waals surface area contributed by atoms with Gasteiger partial charge in [-0.05, 0) is 31.5 Å². The Hall–Kier alpha value is -1.83. The van der Waals surface area contributed by atoms with Crippen molar-refractivity contribution in [3.63, 3.8) is 0 Å². The maximum atomic E-state index is 14.2. The Morgan fingerprint density at radius 1 is 1.24 bits per heavy atom. The third-order valence-electron chi connectivity index (χ3n) is 6.03. The molecule has 0 radical (unpaired) electrons. The number of hydrogen-bond acceptors (Lipinski definition) is 4. The van der Waals surface area contributed by atoms with Gasteiger partial charge in [0.1, 0.15) is 23.6 Å². The molecule has 7 heteroatoms. The van der Waals surface area contributed by atoms with Crippen molar-refractivity contribution in [3.8, 4) is 0 Å². The van der Waals surface area contributed by atoms with Gasteiger partial charge in [0.25, 0.3) is 0 Å². The summed E-state index contributed by atoms with van der Waals surface area (Å²) >= 11 is 0. The van der Waals surface area contributed by atoms with Crippen LogP contribution in [0.4, 0.5) is 8.78 Å². The minimum atomic E-state index is -0.623. The van der Waals surface area contributed by atoms with Crippen molar-refractivity contribution in [2.75, 3.05) is 6.61 Å². The molecule has 3 atom stereocenters. The molecular weight excluding hydrogens is 374 g/mol. The number of nitrogens with two attached hydrogens (primary N) is 1. The third-order valence-corrected chi connectivity index (χ3v) is 6.03. The van der Waals surface area contributed by atoms with E-state index in [0.29, 0.717) is 13.0 Å². The van der Waals surface area contributed by atoms with Crippen LogP contribution in [0.1, 0.15) is 63.0 Å². The average molecular weight is 405 g/mol. The molecule has 3 heterocycles. The molecule has 4 rings (SSSR count). The first-order chi connectivity index (χ1) is 13.7. The fourth-order valence-corrected chi connectivity index (χ4v) is 4.60. The molecule has 1 aromatic carbocycles. The van der Waals surface area contributed by atoms with Crippen LogP contribution in [0.15, 0.2) is 18.2 Å². The van der Waals surface area contributed by atoms with Crippen molar-refractivity contribution in [2.45, 2.75) is 77.4 Å². The van der Waals surface area contributed by atoms with Crippen molar-refractivity contribution in [1.29, 1.82) is 0 Å². The van der Waals surface area contributed by atoms with E-state index in [2.05, 4.69) is 37.2 Å². The normalized spacial score (nSPS) is 25.4. The summed E-state index contributed by atoms with van der Waals surface area (Å²) in [5.74, 6) is 0.171. The summed E-state index contributed by atoms with van der Waals surface area (Å²) in [6.45, 7) is 11.6. The zero-order valence-corrected chi connectivity index (χ0v) is 17.6. The van der Waals surface area contributed by atoms with Crippen LogP contribution in [-0.2, 0) is 29.8 Å². The molecule has 2 aliphatic rings. The Balaban J connectivity index is 1.48. The predicted octanol–water partition coefficient (Wildman–Crippen LogP) is 3.65. The molecule has 0 aliphatic carbocycles. The largest absolute Gasteiger partial charge is 0.370 e. The second-order valence-corrected chi connectivity index (χ2v) is 9.20. The second kappa shape index (κ2) is 7.45. The molecule has 0 saturated carbocycles. The average Bonchev–Trinajstić information content (AvgIpc) is 3.21. The molecule has 0 amide bonds. The Morgan fingerprint density at radius 3 is 2.66 bits per heavy atom. The van der Waals surface area contributed by atoms with Gasteiger partial charge in [-0.3, -0.25) is 4.90 Å². The maximum Gasteiger partial charge on any atom is 0.129 e. The van der Waals surface area contributed by atoms with E-state index in [0.717, 1.165) is 43.3 Å². The van der Waals surface area contributed by atoms with Crippen LogP contribution in [0, 0.1) is 11.6 Å². The van der Waals surface area contributed by atoms with Gasteiger partial charge in [-0.2, -0.15) is 0 Å². The number of ether oxygens (including phenoxy) is 1. The molecule has 0 spiro atoms. The Bertz CT molecular complexity index is 905. The highest BCUT2D eigenvalue weighted by atomic mass is 19.1. The van der Waals surface area contributed by atoms with Gasteiger partial charge in [-0.25, -0.2) is 13.8 Å². The fourth-order valence-electron chi connectivity index (χ4n) is 4.60. The number of nitrogens with zero attached hydrogens (tertiary/aromatic N) is 3. The van der Waals surface area contributed by atoms with Crippen LogP contribution in [0.25, 0.3) is 0 Å². The summed E-state index contributed by atoms with van der Waals surface area (Å²) in [5, 5.41) is 0. The molecule has 5 nitrogen and oxygen atoms in total. The Morgan fingerprint density at radius 2 is 2.00 bits per heavy atom. The molecule has 1 aromatic heterocycles. The minimum absolute atomic E-state index is 0.00371. The molecule has 2 aromatic rings. The molecule has 2 aliphatic heterocycles. The third kappa shape index (κ3) is 3.71. The van der Waals surface area contributed by atoms with Gasteiger partial charge in [-0.1, -0.05) is 20.8 Å². The van der Waals surface area contributed by atoms with Crippen molar-refractivity contribution in [1.82, 2.24) is 14.5 Å². The van der Waals surface area contributed by atoms with Gasteiger partial charge >= 0.3 is 0 Å². The first kappa shape index (κ1) is 20.4. The van der Waals surface area contributed by atoms with E-state index in [9.17, 15) is 8.78 Å². The number of hydrogen-bond donors (Lipinski definition) is 1. The highest BCUT2D eigenvalue weighted by Crippen LogP contribution is 2.35. The van der Waals surface area contributed by atoms with Crippen LogP contribution >= 0.6 is 0 Å². The summed E-state index contributed by atoms with van der Waals surface area (Å²) in [6.07, 6.45) is 0.0467. The number of aromatic nitrogens is 2. The lowest BCUT2D eigenvalue weighted by atomic mass is 9.93. The van der Waals surface area contributed by atoms with Crippen molar-refractivity contribution >= 4 is 0 Å². The predicted molar refractivity (Wildman–Crippen MR) is 107 cm³/mol. The smallest absolute Gasteiger partial charge is 0.129 e. The first-order valence-electron chi connectivity index (χ1n) is 10.3. The zero-order chi connectivity index (χ0) is 20.9. The fraction of sp³-hybridized carbons (Fsp3) is 0.591. The Kier molecular flexibility index (Phi) is 5.25. The summed E-state index contributed by atoms with van der Waals surface area (Å²) in [6, 6.07) is 3.17. The highest BCUT2D eigenvalue weighted by Gasteiger charge is 2.38. The number of halogens is 2. The number of fused-ring (bicyclic) bond motifs is 1. The monoisotopic (exact) mass is 404 g/mol. The minimum Gasteiger partial charge on any atom is -0.370 e. The number of rotatable bonds is 3. The summed E-state index contributed by atoms with van der Waals surface area (Å²) < 4.78 is 36.0. The van der Waals surface area contributed by atoms with Crippen LogP contribution in [-0.4, -0.2) is 33.1 Å². The molecule has 29 heavy (non-hydrogen) atoms. The lowest BCUT2D eigenvalue weighted by Gasteiger charge is -2.38. The van der Waals surface area contributed by atoms with Crippen molar-refractivity contribution in [2.24, 2.45) is 5.73 Å². The number of benzene rings is 1. The summed E-state index contributed by atoms with van der Waals surface area (Å²) in [4.78, 5) is 7.28. The molecule has 1 unspecified atom stereocenters. The lowest BCUT2D eigenvalue weighted by molar-refractivity contribution is -0.0535. The summed E-state index contributed by atoms with van der Waals surface area (Å²) in [7, 11) is 0. The van der Waals surface area contributed by atoms with E-state index in [4.69, 9.17) is 15.5 Å². The van der Waals surface area contributed by atoms with Crippen LogP contribution < -0.4 is 5.73 Å². The SMILES string of the molecule is CCn1c(C(C)(C)C)nc2c1CN(C1CO[C@H](c3cc(F)ccc3F)[C@@H](N)C1)C2. The molecule has 158 valence electrons. The van der Waals surface area contributed by atoms with Gasteiger partial charge in [0.15, 0.2) is 0 Å². The number of imidazole rings is 1. The van der Waals surface area contributed by atoms with E-state index in [1.807, 2.05) is 0 Å². The van der Waals surface area contributed by atoms with E-state index >= 15 is 0 Å². The maximum absolute atomic E-state index is 14.2. The van der Waals surface area contributed by atoms with Crippen molar-refractivity contribution in [3.05, 3.63) is 52.6 Å². The molecule has 0 bridgehead atoms. The van der Waals surface area contributed by atoms with Gasteiger partial charge < -0.3 is 15.0 Å². The van der Waals surface area contributed by atoms with E-state index in [1.54, 1.807) is 0 Å². The molecule has 1 fully saturated rings. The molecule has 2 N–H and O–H groups in total. The van der Waals surface area contributed by atoms with E-state index in [-0.39, 0.29) is 17.0 Å². The van der Waals surface area contributed by atoms with Crippen molar-refractivity contribution < 1.29 is 13.5 Å². The second-order valence-electron chi connectivity index (χ2n) is 9.20. The molecular formula is C22H30F2N4O. The first-order valence-corrected chi connectivity index (χ1v) is 10.3. The standard InChI is InChI=1S/C22H30F2N4O/c1-5-28-19-11-27(10-18(19)26-21(28)22(2,3)4)14-9-17(25)20(29-12-14)15-8-13(23)6-7-16(15)24/h6-8,14,17,20H,5,9-12,25H2,1-4H3/t14?,17-,20+/m0/s1. The topological polar surface area (TPSA) is 56.3 Å². The highest BCUT2D eigenvalue weighted by molar-refractivity contribution is 5.26. The summed E-state index contributed by atoms with van der Waals surface area (Å²) in [5.41, 5.74) is 8.95. The Labute approximate surface area is 170 Å². The van der Waals surface area contributed by atoms with E-state index in [1.165, 1.54) is 11.8 Å². The quantitative estimate of drug-likeness (QED) is 0.848. The van der Waals surface area contributed by atoms with Gasteiger partial charge in [0.2, 0.25) is 0 Å². The van der Waals surface area contributed by atoms with Crippen LogP contribution in [0.2, 0.25) is 0 Å². The van der Waals surface area contributed by atoms with Gasteiger partial charge in [0.05, 0.1) is 18.0 Å². The van der Waals surface area contributed by atoms with Gasteiger partial charge in [0, 0.05) is 42.7 Å². The van der Waals surface area contributed by atoms with Crippen LogP contribution in [0.5, 0.6) is 0 Å². The van der Waals surface area contributed by atoms with E-state index < -0.39 is 23.8 Å². The van der Waals surface area contributed by atoms with Crippen LogP contribution in [0.3, 0.4) is 0 Å².